The maximum absolute atomic E-state index is 10.8. The van der Waals surface area contributed by atoms with Gasteiger partial charge >= 0.3 is 10.1 Å². The number of hydrogen-bond donors (Lipinski definition) is 1. The van der Waals surface area contributed by atoms with E-state index in [1.54, 1.807) is 0 Å². The maximum atomic E-state index is 10.8. The molecule has 0 bridgehead atoms. The van der Waals surface area contributed by atoms with Gasteiger partial charge in [-0.15, -0.1) is 0 Å². The van der Waals surface area contributed by atoms with Crippen LogP contribution in [0.3, 0.4) is 0 Å². The fourth-order valence-corrected chi connectivity index (χ4v) is 5.88. The van der Waals surface area contributed by atoms with Crippen molar-refractivity contribution < 1.29 is 13.0 Å². The molecule has 1 rings (SSSR count). The summed E-state index contributed by atoms with van der Waals surface area (Å²) in [6, 6.07) is 0. The average molecular weight is 197 g/mol. The maximum Gasteiger partial charge on any atom is 0.314 e. The van der Waals surface area contributed by atoms with Gasteiger partial charge in [0.25, 0.3) is 0 Å². The third kappa shape index (κ3) is 2.10. The van der Waals surface area contributed by atoms with Crippen LogP contribution in [0.25, 0.3) is 0 Å². The smallest absolute Gasteiger partial charge is 0.282 e. The zero-order chi connectivity index (χ0) is 8.48. The van der Waals surface area contributed by atoms with Gasteiger partial charge in [0.05, 0.1) is 0 Å². The first-order valence-corrected chi connectivity index (χ1v) is 6.81. The molecule has 0 saturated carbocycles. The lowest BCUT2D eigenvalue weighted by molar-refractivity contribution is 0.478. The van der Waals surface area contributed by atoms with Crippen LogP contribution in [0.1, 0.15) is 19.8 Å². The minimum Gasteiger partial charge on any atom is -0.282 e. The average Bonchev–Trinajstić information content (AvgIpc) is 2.31. The minimum absolute atomic E-state index is 0.0795. The summed E-state index contributed by atoms with van der Waals surface area (Å²) in [5.74, 6) is 1.85. The molecular formula is C6H13O3S2+. The highest BCUT2D eigenvalue weighted by Gasteiger charge is 2.43. The molecule has 0 spiro atoms. The van der Waals surface area contributed by atoms with Gasteiger partial charge in [-0.3, -0.25) is 4.55 Å². The van der Waals surface area contributed by atoms with Gasteiger partial charge < -0.3 is 0 Å². The van der Waals surface area contributed by atoms with Gasteiger partial charge in [-0.05, 0) is 13.3 Å². The van der Waals surface area contributed by atoms with Crippen LogP contribution < -0.4 is 0 Å². The second kappa shape index (κ2) is 3.33. The van der Waals surface area contributed by atoms with Gasteiger partial charge in [-0.25, -0.2) is 0 Å². The van der Waals surface area contributed by atoms with E-state index >= 15 is 0 Å². The van der Waals surface area contributed by atoms with Crippen molar-refractivity contribution in [1.29, 1.82) is 0 Å². The third-order valence-electron chi connectivity index (χ3n) is 1.92. The Bertz CT molecular complexity index is 222. The summed E-state index contributed by atoms with van der Waals surface area (Å²) in [6.07, 6.45) is 1.59. The molecule has 0 radical (unpaired) electrons. The molecule has 0 aliphatic carbocycles. The molecule has 11 heavy (non-hydrogen) atoms. The molecule has 3 nitrogen and oxygen atoms in total. The fraction of sp³-hybridized carbons (Fsp3) is 1.00. The lowest BCUT2D eigenvalue weighted by Crippen LogP contribution is -2.27. The second-order valence-electron chi connectivity index (χ2n) is 2.62. The molecule has 2 unspecified atom stereocenters. The first kappa shape index (κ1) is 9.35. The molecule has 0 amide bonds. The van der Waals surface area contributed by atoms with Gasteiger partial charge in [0.2, 0.25) is 4.58 Å². The second-order valence-corrected chi connectivity index (χ2v) is 7.14. The Morgan fingerprint density at radius 3 is 2.64 bits per heavy atom. The van der Waals surface area contributed by atoms with E-state index in [9.17, 15) is 8.42 Å². The lowest BCUT2D eigenvalue weighted by atomic mass is 10.4. The molecule has 0 aromatic heterocycles. The van der Waals surface area contributed by atoms with Crippen LogP contribution in [0.5, 0.6) is 0 Å². The van der Waals surface area contributed by atoms with Gasteiger partial charge in [0.1, 0.15) is 11.5 Å². The van der Waals surface area contributed by atoms with Gasteiger partial charge in [-0.2, -0.15) is 8.42 Å². The SMILES string of the molecule is CC[S+]1CCCC1S(=O)(=O)O. The monoisotopic (exact) mass is 197 g/mol. The highest BCUT2D eigenvalue weighted by molar-refractivity contribution is 8.10. The Labute approximate surface area is 70.3 Å². The minimum atomic E-state index is -3.75. The van der Waals surface area contributed by atoms with E-state index in [0.717, 1.165) is 17.9 Å². The predicted molar refractivity (Wildman–Crippen MR) is 47.3 cm³/mol. The summed E-state index contributed by atoms with van der Waals surface area (Å²) in [6.45, 7) is 1.98. The standard InChI is InChI=1S/C6H12O3S2/c1-2-10-5-3-4-6(10)11(7,8)9/h6H,2-5H2,1H3/p+1. The molecule has 5 heteroatoms. The van der Waals surface area contributed by atoms with Crippen molar-refractivity contribution in [3.63, 3.8) is 0 Å². The Hall–Kier alpha value is 0.260. The third-order valence-corrected chi connectivity index (χ3v) is 6.90. The first-order chi connectivity index (χ1) is 5.05. The molecule has 2 atom stereocenters. The summed E-state index contributed by atoms with van der Waals surface area (Å²) >= 11 is 0. The molecule has 1 N–H and O–H groups in total. The van der Waals surface area contributed by atoms with Crippen LogP contribution in [0, 0.1) is 0 Å². The molecular weight excluding hydrogens is 184 g/mol. The van der Waals surface area contributed by atoms with Crippen molar-refractivity contribution in [2.24, 2.45) is 0 Å². The van der Waals surface area contributed by atoms with Crippen LogP contribution in [0.15, 0.2) is 0 Å². The van der Waals surface area contributed by atoms with E-state index in [2.05, 4.69) is 0 Å². The Morgan fingerprint density at radius 2 is 2.27 bits per heavy atom. The van der Waals surface area contributed by atoms with Crippen LogP contribution >= 0.6 is 0 Å². The van der Waals surface area contributed by atoms with Gasteiger partial charge in [-0.1, -0.05) is 0 Å². The molecule has 0 aromatic carbocycles. The van der Waals surface area contributed by atoms with E-state index < -0.39 is 14.7 Å². The lowest BCUT2D eigenvalue weighted by Gasteiger charge is -2.05. The van der Waals surface area contributed by atoms with Crippen LogP contribution in [-0.2, 0) is 21.0 Å². The fourth-order valence-electron chi connectivity index (χ4n) is 1.38. The number of rotatable bonds is 2. The Morgan fingerprint density at radius 1 is 1.64 bits per heavy atom. The number of hydrogen-bond acceptors (Lipinski definition) is 2. The first-order valence-electron chi connectivity index (χ1n) is 3.68. The Balaban J connectivity index is 2.72. The summed E-state index contributed by atoms with van der Waals surface area (Å²) in [4.78, 5) is 0. The van der Waals surface area contributed by atoms with Crippen LogP contribution in [0.4, 0.5) is 0 Å². The van der Waals surface area contributed by atoms with Gasteiger partial charge in [0, 0.05) is 17.3 Å². The molecule has 1 heterocycles. The van der Waals surface area contributed by atoms with E-state index in [0.29, 0.717) is 6.42 Å². The Kier molecular flexibility index (Phi) is 2.83. The summed E-state index contributed by atoms with van der Waals surface area (Å²) in [7, 11) is -3.83. The molecule has 1 aliphatic heterocycles. The van der Waals surface area contributed by atoms with E-state index in [-0.39, 0.29) is 10.9 Å². The topological polar surface area (TPSA) is 54.4 Å². The van der Waals surface area contributed by atoms with Crippen LogP contribution in [-0.4, -0.2) is 29.1 Å². The van der Waals surface area contributed by atoms with Crippen LogP contribution in [0.2, 0.25) is 0 Å². The predicted octanol–water partition coefficient (Wildman–Crippen LogP) is 0.632. The van der Waals surface area contributed by atoms with Crippen molar-refractivity contribution in [1.82, 2.24) is 0 Å². The summed E-state index contributed by atoms with van der Waals surface area (Å²) < 4.78 is 29.9. The summed E-state index contributed by atoms with van der Waals surface area (Å²) in [5, 5.41) is 0. The molecule has 1 aliphatic rings. The van der Waals surface area contributed by atoms with E-state index in [4.69, 9.17) is 4.55 Å². The molecule has 66 valence electrons. The normalized spacial score (nSPS) is 32.5. The van der Waals surface area contributed by atoms with Crippen molar-refractivity contribution in [2.75, 3.05) is 11.5 Å². The van der Waals surface area contributed by atoms with Crippen molar-refractivity contribution >= 4 is 21.0 Å². The highest BCUT2D eigenvalue weighted by Crippen LogP contribution is 2.25. The van der Waals surface area contributed by atoms with Gasteiger partial charge in [0.15, 0.2) is 0 Å². The molecule has 1 saturated heterocycles. The largest absolute Gasteiger partial charge is 0.314 e. The van der Waals surface area contributed by atoms with Crippen molar-refractivity contribution in [3.8, 4) is 0 Å². The van der Waals surface area contributed by atoms with Crippen molar-refractivity contribution in [2.45, 2.75) is 24.3 Å². The van der Waals surface area contributed by atoms with E-state index in [1.165, 1.54) is 0 Å². The zero-order valence-electron chi connectivity index (χ0n) is 6.49. The summed E-state index contributed by atoms with van der Waals surface area (Å²) in [5.41, 5.74) is 0. The van der Waals surface area contributed by atoms with Crippen molar-refractivity contribution in [3.05, 3.63) is 0 Å². The molecule has 1 fully saturated rings. The molecule has 0 aromatic rings. The highest BCUT2D eigenvalue weighted by atomic mass is 32.3. The zero-order valence-corrected chi connectivity index (χ0v) is 8.12. The quantitative estimate of drug-likeness (QED) is 0.522. The van der Waals surface area contributed by atoms with E-state index in [1.807, 2.05) is 6.92 Å².